The number of nitrogens with one attached hydrogen (secondary N) is 1. The number of hydrogen-bond acceptors (Lipinski definition) is 5. The van der Waals surface area contributed by atoms with Crippen molar-refractivity contribution in [3.8, 4) is 0 Å². The lowest BCUT2D eigenvalue weighted by Crippen LogP contribution is -2.28. The molecule has 1 fully saturated rings. The van der Waals surface area contributed by atoms with E-state index in [9.17, 15) is 0 Å². The molecule has 100 valence electrons. The summed E-state index contributed by atoms with van der Waals surface area (Å²) in [4.78, 5) is 7.93. The predicted molar refractivity (Wildman–Crippen MR) is 72.6 cm³/mol. The molecule has 0 saturated carbocycles. The van der Waals surface area contributed by atoms with E-state index in [1.807, 2.05) is 0 Å². The van der Waals surface area contributed by atoms with Crippen LogP contribution in [0.5, 0.6) is 0 Å². The number of rotatable bonds is 4. The number of hydrogen-bond donors (Lipinski definition) is 2. The van der Waals surface area contributed by atoms with Crippen LogP contribution in [-0.2, 0) is 4.74 Å². The van der Waals surface area contributed by atoms with Gasteiger partial charge in [0.15, 0.2) is 0 Å². The number of nitrogens with two attached hydrogens (primary N) is 1. The Morgan fingerprint density at radius 3 is 3.06 bits per heavy atom. The van der Waals surface area contributed by atoms with Gasteiger partial charge >= 0.3 is 0 Å². The van der Waals surface area contributed by atoms with Gasteiger partial charge in [-0.1, -0.05) is 25.4 Å². The Morgan fingerprint density at radius 1 is 1.56 bits per heavy atom. The van der Waals surface area contributed by atoms with E-state index in [2.05, 4.69) is 29.1 Å². The highest BCUT2D eigenvalue weighted by atomic mass is 35.5. The highest BCUT2D eigenvalue weighted by molar-refractivity contribution is 6.35. The summed E-state index contributed by atoms with van der Waals surface area (Å²) in [6, 6.07) is 0. The van der Waals surface area contributed by atoms with Crippen molar-refractivity contribution in [1.29, 1.82) is 0 Å². The molecule has 1 saturated heterocycles. The third-order valence-corrected chi connectivity index (χ3v) is 3.64. The van der Waals surface area contributed by atoms with Crippen LogP contribution < -0.4 is 11.1 Å². The zero-order valence-corrected chi connectivity index (χ0v) is 11.4. The third-order valence-electron chi connectivity index (χ3n) is 3.27. The van der Waals surface area contributed by atoms with Gasteiger partial charge in [-0.05, 0) is 12.3 Å². The molecule has 0 amide bonds. The van der Waals surface area contributed by atoms with Crippen molar-refractivity contribution < 1.29 is 4.74 Å². The molecule has 0 radical (unpaired) electrons. The summed E-state index contributed by atoms with van der Waals surface area (Å²) < 4.78 is 5.74. The first-order valence-electron chi connectivity index (χ1n) is 6.21. The van der Waals surface area contributed by atoms with Crippen LogP contribution in [0.2, 0.25) is 5.02 Å². The average molecular weight is 271 g/mol. The molecule has 2 atom stereocenters. The van der Waals surface area contributed by atoms with Gasteiger partial charge in [-0.25, -0.2) is 9.97 Å². The molecule has 5 nitrogen and oxygen atoms in total. The van der Waals surface area contributed by atoms with Crippen molar-refractivity contribution in [2.45, 2.75) is 26.4 Å². The highest BCUT2D eigenvalue weighted by Gasteiger charge is 2.30. The van der Waals surface area contributed by atoms with E-state index in [1.165, 1.54) is 6.33 Å². The van der Waals surface area contributed by atoms with Crippen molar-refractivity contribution >= 4 is 23.2 Å². The summed E-state index contributed by atoms with van der Waals surface area (Å²) in [5.41, 5.74) is 5.63. The number of ether oxygens (including phenoxy) is 1. The van der Waals surface area contributed by atoms with Crippen LogP contribution >= 0.6 is 11.6 Å². The van der Waals surface area contributed by atoms with Gasteiger partial charge in [0, 0.05) is 19.1 Å². The van der Waals surface area contributed by atoms with Gasteiger partial charge < -0.3 is 15.8 Å². The van der Waals surface area contributed by atoms with Crippen molar-refractivity contribution in [2.75, 3.05) is 24.2 Å². The fraction of sp³-hybridized carbons (Fsp3) is 0.667. The Balaban J connectivity index is 1.97. The maximum Gasteiger partial charge on any atom is 0.150 e. The standard InChI is InChI=1S/C12H19ClN4O/c1-7(2)10-8(3-4-18-10)5-15-12-9(13)11(14)16-6-17-12/h6-8,10H,3-5H2,1-2H3,(H3,14,15,16,17)/t8-,10+/m0/s1. The lowest BCUT2D eigenvalue weighted by Gasteiger charge is -2.22. The Kier molecular flexibility index (Phi) is 4.24. The van der Waals surface area contributed by atoms with E-state index in [-0.39, 0.29) is 0 Å². The molecular formula is C12H19ClN4O. The topological polar surface area (TPSA) is 73.1 Å². The second-order valence-corrected chi connectivity index (χ2v) is 5.31. The number of halogens is 1. The highest BCUT2D eigenvalue weighted by Crippen LogP contribution is 2.28. The van der Waals surface area contributed by atoms with Crippen molar-refractivity contribution in [3.63, 3.8) is 0 Å². The molecule has 18 heavy (non-hydrogen) atoms. The molecule has 0 unspecified atom stereocenters. The molecule has 0 aliphatic carbocycles. The zero-order chi connectivity index (χ0) is 13.1. The smallest absolute Gasteiger partial charge is 0.150 e. The summed E-state index contributed by atoms with van der Waals surface area (Å²) >= 11 is 6.03. The monoisotopic (exact) mass is 270 g/mol. The van der Waals surface area contributed by atoms with Crippen LogP contribution in [0.4, 0.5) is 11.6 Å². The largest absolute Gasteiger partial charge is 0.382 e. The second kappa shape index (κ2) is 5.71. The van der Waals surface area contributed by atoms with Crippen molar-refractivity contribution in [1.82, 2.24) is 9.97 Å². The summed E-state index contributed by atoms with van der Waals surface area (Å²) in [5.74, 6) is 1.90. The van der Waals surface area contributed by atoms with Crippen LogP contribution in [0.1, 0.15) is 20.3 Å². The lowest BCUT2D eigenvalue weighted by molar-refractivity contribution is 0.0566. The average Bonchev–Trinajstić information content (AvgIpc) is 2.79. The number of aromatic nitrogens is 2. The molecule has 0 bridgehead atoms. The number of anilines is 2. The minimum Gasteiger partial charge on any atom is -0.382 e. The van der Waals surface area contributed by atoms with E-state index >= 15 is 0 Å². The predicted octanol–water partition coefficient (Wildman–Crippen LogP) is 2.19. The lowest BCUT2D eigenvalue weighted by atomic mass is 9.93. The maximum absolute atomic E-state index is 6.03. The molecule has 1 aliphatic rings. The van der Waals surface area contributed by atoms with E-state index in [4.69, 9.17) is 22.1 Å². The normalized spacial score (nSPS) is 23.6. The Hall–Kier alpha value is -1.07. The summed E-state index contributed by atoms with van der Waals surface area (Å²) in [5, 5.41) is 3.62. The molecule has 0 aromatic carbocycles. The van der Waals surface area contributed by atoms with Crippen LogP contribution in [-0.4, -0.2) is 29.2 Å². The van der Waals surface area contributed by atoms with E-state index < -0.39 is 0 Å². The van der Waals surface area contributed by atoms with Gasteiger partial charge in [-0.15, -0.1) is 0 Å². The van der Waals surface area contributed by atoms with Crippen LogP contribution in [0.25, 0.3) is 0 Å². The van der Waals surface area contributed by atoms with E-state index in [1.54, 1.807) is 0 Å². The Morgan fingerprint density at radius 2 is 2.33 bits per heavy atom. The van der Waals surface area contributed by atoms with E-state index in [0.717, 1.165) is 19.6 Å². The van der Waals surface area contributed by atoms with Gasteiger partial charge in [0.05, 0.1) is 6.10 Å². The quantitative estimate of drug-likeness (QED) is 0.877. The van der Waals surface area contributed by atoms with Crippen LogP contribution in [0, 0.1) is 11.8 Å². The van der Waals surface area contributed by atoms with Gasteiger partial charge in [0.2, 0.25) is 0 Å². The summed E-state index contributed by atoms with van der Waals surface area (Å²) in [6.45, 7) is 5.98. The molecule has 3 N–H and O–H groups in total. The summed E-state index contributed by atoms with van der Waals surface area (Å²) in [6.07, 6.45) is 2.78. The molecule has 1 aromatic rings. The van der Waals surface area contributed by atoms with E-state index in [0.29, 0.717) is 34.6 Å². The molecule has 1 aliphatic heterocycles. The third kappa shape index (κ3) is 2.84. The molecular weight excluding hydrogens is 252 g/mol. The first-order valence-corrected chi connectivity index (χ1v) is 6.59. The zero-order valence-electron chi connectivity index (χ0n) is 10.7. The van der Waals surface area contributed by atoms with Gasteiger partial charge in [-0.3, -0.25) is 0 Å². The first-order chi connectivity index (χ1) is 8.59. The Labute approximate surface area is 112 Å². The molecule has 2 heterocycles. The minimum atomic E-state index is 0.301. The number of nitrogens with zero attached hydrogens (tertiary/aromatic N) is 2. The molecule has 2 rings (SSSR count). The van der Waals surface area contributed by atoms with Crippen LogP contribution in [0.3, 0.4) is 0 Å². The minimum absolute atomic E-state index is 0.301. The molecule has 6 heteroatoms. The van der Waals surface area contributed by atoms with Gasteiger partial charge in [0.1, 0.15) is 23.0 Å². The van der Waals surface area contributed by atoms with Crippen LogP contribution in [0.15, 0.2) is 6.33 Å². The maximum atomic E-state index is 6.03. The molecule has 1 aromatic heterocycles. The van der Waals surface area contributed by atoms with Crippen molar-refractivity contribution in [2.24, 2.45) is 11.8 Å². The fourth-order valence-electron chi connectivity index (χ4n) is 2.35. The fourth-order valence-corrected chi connectivity index (χ4v) is 2.51. The second-order valence-electron chi connectivity index (χ2n) is 4.93. The van der Waals surface area contributed by atoms with Gasteiger partial charge in [-0.2, -0.15) is 0 Å². The number of nitrogen functional groups attached to an aromatic ring is 1. The molecule has 0 spiro atoms. The Bertz CT molecular complexity index is 413. The summed E-state index contributed by atoms with van der Waals surface area (Å²) in [7, 11) is 0. The SMILES string of the molecule is CC(C)[C@H]1OCC[C@H]1CNc1ncnc(N)c1Cl. The van der Waals surface area contributed by atoms with Crippen molar-refractivity contribution in [3.05, 3.63) is 11.3 Å². The van der Waals surface area contributed by atoms with Gasteiger partial charge in [0.25, 0.3) is 0 Å². The first kappa shape index (κ1) is 13.4.